The number of carbonyl (C=O) groups is 2. The lowest BCUT2D eigenvalue weighted by molar-refractivity contribution is -0.142. The van der Waals surface area contributed by atoms with E-state index in [2.05, 4.69) is 5.32 Å². The molecular weight excluding hydrogens is 252 g/mol. The van der Waals surface area contributed by atoms with Crippen LogP contribution in [0.25, 0.3) is 0 Å². The Labute approximate surface area is 112 Å². The summed E-state index contributed by atoms with van der Waals surface area (Å²) in [5.41, 5.74) is 0. The number of carboxylic acid groups (broad SMARTS) is 1. The zero-order valence-corrected chi connectivity index (χ0v) is 11.8. The van der Waals surface area contributed by atoms with E-state index in [0.717, 1.165) is 25.1 Å². The molecule has 0 saturated heterocycles. The van der Waals surface area contributed by atoms with Crippen LogP contribution in [0.3, 0.4) is 0 Å². The predicted octanol–water partition coefficient (Wildman–Crippen LogP) is 1.63. The quantitative estimate of drug-likeness (QED) is 0.799. The minimum absolute atomic E-state index is 0.0529. The highest BCUT2D eigenvalue weighted by molar-refractivity contribution is 7.98. The van der Waals surface area contributed by atoms with E-state index in [1.807, 2.05) is 6.26 Å². The fourth-order valence-corrected chi connectivity index (χ4v) is 2.56. The maximum Gasteiger partial charge on any atom is 0.317 e. The minimum atomic E-state index is -0.711. The summed E-state index contributed by atoms with van der Waals surface area (Å²) in [5.74, 6) is -0.0143. The third kappa shape index (κ3) is 4.76. The van der Waals surface area contributed by atoms with Crippen LogP contribution in [0.4, 0.5) is 4.79 Å². The molecule has 0 unspecified atom stereocenters. The van der Waals surface area contributed by atoms with Crippen molar-refractivity contribution in [2.45, 2.75) is 31.7 Å². The molecule has 0 bridgehead atoms. The van der Waals surface area contributed by atoms with Crippen molar-refractivity contribution in [3.8, 4) is 0 Å². The van der Waals surface area contributed by atoms with Crippen molar-refractivity contribution in [2.75, 3.05) is 25.6 Å². The van der Waals surface area contributed by atoms with Crippen molar-refractivity contribution >= 4 is 23.8 Å². The number of nitrogens with zero attached hydrogens (tertiary/aromatic N) is 1. The highest BCUT2D eigenvalue weighted by Gasteiger charge is 2.27. The first-order valence-corrected chi connectivity index (χ1v) is 7.67. The van der Waals surface area contributed by atoms with Gasteiger partial charge in [-0.1, -0.05) is 0 Å². The molecule has 5 nitrogen and oxygen atoms in total. The number of thioether (sulfide) groups is 1. The normalized spacial score (nSPS) is 23.4. The van der Waals surface area contributed by atoms with E-state index >= 15 is 0 Å². The zero-order chi connectivity index (χ0) is 13.5. The molecule has 0 aromatic heterocycles. The smallest absolute Gasteiger partial charge is 0.317 e. The first kappa shape index (κ1) is 15.1. The fourth-order valence-electron chi connectivity index (χ4n) is 2.10. The number of carboxylic acids is 1. The Bertz CT molecular complexity index is 291. The van der Waals surface area contributed by atoms with Gasteiger partial charge in [0.05, 0.1) is 5.92 Å². The van der Waals surface area contributed by atoms with Crippen molar-refractivity contribution in [1.82, 2.24) is 10.2 Å². The summed E-state index contributed by atoms with van der Waals surface area (Å²) in [5, 5.41) is 11.9. The molecule has 1 aliphatic carbocycles. The number of aliphatic carboxylic acids is 1. The van der Waals surface area contributed by atoms with Gasteiger partial charge in [-0.15, -0.1) is 0 Å². The number of rotatable bonds is 5. The molecule has 0 aliphatic heterocycles. The van der Waals surface area contributed by atoms with Crippen LogP contribution < -0.4 is 5.32 Å². The SMILES string of the molecule is CSCCN(C)C(=O)NC1CCC(C(=O)O)CC1. The number of hydrogen-bond acceptors (Lipinski definition) is 3. The summed E-state index contributed by atoms with van der Waals surface area (Å²) >= 11 is 1.71. The second-order valence-electron chi connectivity index (χ2n) is 4.75. The Morgan fingerprint density at radius 3 is 2.44 bits per heavy atom. The lowest BCUT2D eigenvalue weighted by Gasteiger charge is -2.28. The summed E-state index contributed by atoms with van der Waals surface area (Å²) in [7, 11) is 1.79. The average molecular weight is 274 g/mol. The highest BCUT2D eigenvalue weighted by atomic mass is 32.2. The van der Waals surface area contributed by atoms with Crippen LogP contribution in [0, 0.1) is 5.92 Å². The Kier molecular flexibility index (Phi) is 6.32. The summed E-state index contributed by atoms with van der Waals surface area (Å²) in [6.07, 6.45) is 4.86. The topological polar surface area (TPSA) is 69.6 Å². The molecule has 0 atom stereocenters. The first-order valence-electron chi connectivity index (χ1n) is 6.28. The Balaban J connectivity index is 2.27. The van der Waals surface area contributed by atoms with Crippen molar-refractivity contribution in [2.24, 2.45) is 5.92 Å². The molecule has 18 heavy (non-hydrogen) atoms. The van der Waals surface area contributed by atoms with Crippen molar-refractivity contribution in [1.29, 1.82) is 0 Å². The molecule has 1 saturated carbocycles. The molecular formula is C12H22N2O3S. The van der Waals surface area contributed by atoms with Gasteiger partial charge in [0.1, 0.15) is 0 Å². The molecule has 0 radical (unpaired) electrons. The molecule has 1 rings (SSSR count). The lowest BCUT2D eigenvalue weighted by atomic mass is 9.86. The number of carbonyl (C=O) groups excluding carboxylic acids is 1. The second kappa shape index (κ2) is 7.51. The summed E-state index contributed by atoms with van der Waals surface area (Å²) in [6.45, 7) is 0.734. The molecule has 1 fully saturated rings. The van der Waals surface area contributed by atoms with Crippen LogP contribution in [0.1, 0.15) is 25.7 Å². The number of urea groups is 1. The minimum Gasteiger partial charge on any atom is -0.481 e. The van der Waals surface area contributed by atoms with Gasteiger partial charge in [-0.25, -0.2) is 4.79 Å². The number of hydrogen-bond donors (Lipinski definition) is 2. The van der Waals surface area contributed by atoms with Gasteiger partial charge < -0.3 is 15.3 Å². The van der Waals surface area contributed by atoms with E-state index in [0.29, 0.717) is 12.8 Å². The third-order valence-corrected chi connectivity index (χ3v) is 3.97. The molecule has 2 amide bonds. The number of nitrogens with one attached hydrogen (secondary N) is 1. The maximum absolute atomic E-state index is 11.8. The predicted molar refractivity (Wildman–Crippen MR) is 72.9 cm³/mol. The zero-order valence-electron chi connectivity index (χ0n) is 11.0. The molecule has 2 N–H and O–H groups in total. The van der Waals surface area contributed by atoms with Crippen molar-refractivity contribution < 1.29 is 14.7 Å². The molecule has 0 aromatic carbocycles. The summed E-state index contributed by atoms with van der Waals surface area (Å²) in [4.78, 5) is 24.3. The average Bonchev–Trinajstić information content (AvgIpc) is 2.36. The Morgan fingerprint density at radius 2 is 1.94 bits per heavy atom. The van der Waals surface area contributed by atoms with Crippen LogP contribution in [0.15, 0.2) is 0 Å². The maximum atomic E-state index is 11.8. The Morgan fingerprint density at radius 1 is 1.33 bits per heavy atom. The van der Waals surface area contributed by atoms with Crippen molar-refractivity contribution in [3.05, 3.63) is 0 Å². The van der Waals surface area contributed by atoms with Crippen LogP contribution in [0.5, 0.6) is 0 Å². The monoisotopic (exact) mass is 274 g/mol. The van der Waals surface area contributed by atoms with E-state index < -0.39 is 5.97 Å². The lowest BCUT2D eigenvalue weighted by Crippen LogP contribution is -2.45. The van der Waals surface area contributed by atoms with Crippen LogP contribution in [-0.2, 0) is 4.79 Å². The second-order valence-corrected chi connectivity index (χ2v) is 5.74. The van der Waals surface area contributed by atoms with Crippen molar-refractivity contribution in [3.63, 3.8) is 0 Å². The van der Waals surface area contributed by atoms with Gasteiger partial charge in [0.15, 0.2) is 0 Å². The van der Waals surface area contributed by atoms with Gasteiger partial charge in [0.25, 0.3) is 0 Å². The van der Waals surface area contributed by atoms with Crippen LogP contribution in [0.2, 0.25) is 0 Å². The van der Waals surface area contributed by atoms with Gasteiger partial charge in [0, 0.05) is 25.4 Å². The van der Waals surface area contributed by atoms with Gasteiger partial charge in [-0.3, -0.25) is 4.79 Å². The molecule has 0 heterocycles. The standard InChI is InChI=1S/C12H22N2O3S/c1-14(7-8-18-2)12(17)13-10-5-3-9(4-6-10)11(15)16/h9-10H,3-8H2,1-2H3,(H,13,17)(H,15,16). The molecule has 0 spiro atoms. The summed E-state index contributed by atoms with van der Waals surface area (Å²) in [6, 6.07) is 0.0765. The van der Waals surface area contributed by atoms with E-state index in [1.54, 1.807) is 23.7 Å². The van der Waals surface area contributed by atoms with Gasteiger partial charge >= 0.3 is 12.0 Å². The van der Waals surface area contributed by atoms with Gasteiger partial charge in [-0.05, 0) is 31.9 Å². The van der Waals surface area contributed by atoms with Crippen LogP contribution >= 0.6 is 11.8 Å². The first-order chi connectivity index (χ1) is 8.54. The number of amides is 2. The van der Waals surface area contributed by atoms with Gasteiger partial charge in [-0.2, -0.15) is 11.8 Å². The van der Waals surface area contributed by atoms with E-state index in [4.69, 9.17) is 5.11 Å². The third-order valence-electron chi connectivity index (χ3n) is 3.38. The van der Waals surface area contributed by atoms with E-state index in [1.165, 1.54) is 0 Å². The molecule has 1 aliphatic rings. The highest BCUT2D eigenvalue weighted by Crippen LogP contribution is 2.24. The summed E-state index contributed by atoms with van der Waals surface area (Å²) < 4.78 is 0. The van der Waals surface area contributed by atoms with Gasteiger partial charge in [0.2, 0.25) is 0 Å². The molecule has 6 heteroatoms. The van der Waals surface area contributed by atoms with E-state index in [-0.39, 0.29) is 18.0 Å². The van der Waals surface area contributed by atoms with Crippen LogP contribution in [-0.4, -0.2) is 53.6 Å². The largest absolute Gasteiger partial charge is 0.481 e. The molecule has 104 valence electrons. The Hall–Kier alpha value is -0.910. The van der Waals surface area contributed by atoms with E-state index in [9.17, 15) is 9.59 Å². The molecule has 0 aromatic rings. The fraction of sp³-hybridized carbons (Fsp3) is 0.833.